The Kier molecular flexibility index (Phi) is 8.97. The molecule has 0 saturated carbocycles. The molecule has 1 saturated heterocycles. The Bertz CT molecular complexity index is 1700. The summed E-state index contributed by atoms with van der Waals surface area (Å²) < 4.78 is 34.0. The normalized spacial score (nSPS) is 19.3. The summed E-state index contributed by atoms with van der Waals surface area (Å²) in [7, 11) is -3.95. The van der Waals surface area contributed by atoms with E-state index < -0.39 is 16.1 Å². The lowest BCUT2D eigenvalue weighted by Gasteiger charge is -2.40. The van der Waals surface area contributed by atoms with Gasteiger partial charge >= 0.3 is 0 Å². The molecule has 0 aliphatic carbocycles. The number of nitrogens with one attached hydrogen (secondary N) is 3. The van der Waals surface area contributed by atoms with Crippen molar-refractivity contribution in [2.75, 3.05) is 19.6 Å². The second-order valence-corrected chi connectivity index (χ2v) is 13.7. The molecule has 15 heteroatoms. The smallest absolute Gasteiger partial charge is 0.283 e. The van der Waals surface area contributed by atoms with E-state index in [0.29, 0.717) is 33.2 Å². The molecule has 5 heterocycles. The molecule has 224 valence electrons. The van der Waals surface area contributed by atoms with E-state index in [-0.39, 0.29) is 67.9 Å². The second-order valence-electron chi connectivity index (χ2n) is 10.3. The van der Waals surface area contributed by atoms with Crippen LogP contribution in [-0.4, -0.2) is 71.1 Å². The number of sulfonamides is 1. The number of carbonyl (C=O) groups excluding carboxylic acids is 2. The molecule has 42 heavy (non-hydrogen) atoms. The maximum absolute atomic E-state index is 13.7. The third kappa shape index (κ3) is 6.21. The van der Waals surface area contributed by atoms with E-state index in [1.54, 1.807) is 41.3 Å². The first-order valence-corrected chi connectivity index (χ1v) is 15.9. The SMILES string of the molecule is CC1Cc2nc(C(=O)N3CCN(S(=O)(=O)c4cc5cc(Cl)ccc5[nH]4)CC3CC(=O)NCc3ccco3)sc2CN1.Cl. The lowest BCUT2D eigenvalue weighted by atomic mass is 10.1. The summed E-state index contributed by atoms with van der Waals surface area (Å²) in [6, 6.07) is 9.71. The van der Waals surface area contributed by atoms with Crippen molar-refractivity contribution in [3.8, 4) is 0 Å². The molecule has 2 aliphatic rings. The van der Waals surface area contributed by atoms with Crippen molar-refractivity contribution in [2.45, 2.75) is 50.0 Å². The third-order valence-electron chi connectivity index (χ3n) is 7.41. The molecule has 0 bridgehead atoms. The predicted octanol–water partition coefficient (Wildman–Crippen LogP) is 3.55. The van der Waals surface area contributed by atoms with Crippen LogP contribution in [0, 0.1) is 0 Å². The molecule has 1 aromatic carbocycles. The van der Waals surface area contributed by atoms with E-state index >= 15 is 0 Å². The van der Waals surface area contributed by atoms with Crippen LogP contribution in [0.15, 0.2) is 52.1 Å². The molecule has 1 fully saturated rings. The predicted molar refractivity (Wildman–Crippen MR) is 161 cm³/mol. The third-order valence-corrected chi connectivity index (χ3v) is 10.5. The largest absolute Gasteiger partial charge is 0.467 e. The van der Waals surface area contributed by atoms with Crippen molar-refractivity contribution in [3.05, 3.63) is 69.0 Å². The molecule has 2 atom stereocenters. The molecular formula is C27H30Cl2N6O5S2. The summed E-state index contributed by atoms with van der Waals surface area (Å²) in [6.07, 6.45) is 2.18. The van der Waals surface area contributed by atoms with Crippen molar-refractivity contribution in [2.24, 2.45) is 0 Å². The number of H-pyrrole nitrogens is 1. The van der Waals surface area contributed by atoms with E-state index in [9.17, 15) is 18.0 Å². The first kappa shape index (κ1) is 30.5. The number of piperazine rings is 1. The van der Waals surface area contributed by atoms with Crippen molar-refractivity contribution >= 4 is 68.1 Å². The zero-order valence-corrected chi connectivity index (χ0v) is 25.8. The highest BCUT2D eigenvalue weighted by molar-refractivity contribution is 7.89. The highest BCUT2D eigenvalue weighted by Crippen LogP contribution is 2.29. The number of rotatable bonds is 7. The molecule has 6 rings (SSSR count). The van der Waals surface area contributed by atoms with E-state index in [2.05, 4.69) is 27.5 Å². The average Bonchev–Trinajstić information content (AvgIpc) is 3.71. The fourth-order valence-electron chi connectivity index (χ4n) is 5.25. The van der Waals surface area contributed by atoms with Gasteiger partial charge in [-0.1, -0.05) is 11.6 Å². The van der Waals surface area contributed by atoms with Crippen LogP contribution < -0.4 is 10.6 Å². The van der Waals surface area contributed by atoms with Crippen LogP contribution in [-0.2, 0) is 34.3 Å². The molecule has 2 aliphatic heterocycles. The van der Waals surface area contributed by atoms with Gasteiger partial charge in [0.05, 0.1) is 24.5 Å². The Morgan fingerprint density at radius 2 is 2.07 bits per heavy atom. The standard InChI is InChI=1S/C27H29ClN6O5S2.ClH/c1-16-9-22-23(14-29-16)40-26(32-22)27(36)34-7-6-33(15-19(34)12-24(35)30-13-20-3-2-8-39-20)41(37,38)25-11-17-10-18(28)4-5-21(17)31-25;/h2-5,8,10-11,16,19,29,31H,6-7,9,12-15H2,1H3,(H,30,35);1H. The van der Waals surface area contributed by atoms with Gasteiger partial charge in [-0.15, -0.1) is 23.7 Å². The summed E-state index contributed by atoms with van der Waals surface area (Å²) in [4.78, 5) is 36.9. The molecular weight excluding hydrogens is 623 g/mol. The van der Waals surface area contributed by atoms with Gasteiger partial charge in [0.1, 0.15) is 10.8 Å². The summed E-state index contributed by atoms with van der Waals surface area (Å²) in [6.45, 7) is 3.08. The zero-order valence-electron chi connectivity index (χ0n) is 22.6. The number of hydrogen-bond donors (Lipinski definition) is 3. The van der Waals surface area contributed by atoms with Gasteiger partial charge in [0.15, 0.2) is 5.01 Å². The number of benzene rings is 1. The minimum absolute atomic E-state index is 0. The van der Waals surface area contributed by atoms with Crippen LogP contribution in [0.5, 0.6) is 0 Å². The highest BCUT2D eigenvalue weighted by atomic mass is 35.5. The van der Waals surface area contributed by atoms with Crippen LogP contribution in [0.1, 0.15) is 39.5 Å². The number of nitrogens with zero attached hydrogens (tertiary/aromatic N) is 3. The van der Waals surface area contributed by atoms with Gasteiger partial charge in [-0.25, -0.2) is 13.4 Å². The highest BCUT2D eigenvalue weighted by Gasteiger charge is 2.39. The van der Waals surface area contributed by atoms with Gasteiger partial charge in [-0.05, 0) is 43.3 Å². The number of fused-ring (bicyclic) bond motifs is 2. The second kappa shape index (κ2) is 12.3. The molecule has 0 radical (unpaired) electrons. The maximum atomic E-state index is 13.7. The van der Waals surface area contributed by atoms with Gasteiger partial charge < -0.3 is 24.9 Å². The average molecular weight is 654 g/mol. The van der Waals surface area contributed by atoms with Crippen LogP contribution in [0.3, 0.4) is 0 Å². The van der Waals surface area contributed by atoms with Crippen LogP contribution >= 0.6 is 35.3 Å². The van der Waals surface area contributed by atoms with E-state index in [4.69, 9.17) is 16.0 Å². The van der Waals surface area contributed by atoms with E-state index in [1.165, 1.54) is 21.9 Å². The molecule has 3 aromatic heterocycles. The number of aromatic amines is 1. The Balaban J connectivity index is 0.00000353. The number of aromatic nitrogens is 2. The number of thiazole rings is 1. The first-order chi connectivity index (χ1) is 19.7. The van der Waals surface area contributed by atoms with Crippen molar-refractivity contribution in [3.63, 3.8) is 0 Å². The van der Waals surface area contributed by atoms with E-state index in [0.717, 1.165) is 17.0 Å². The Hall–Kier alpha value is -2.94. The van der Waals surface area contributed by atoms with Gasteiger partial charge in [0.25, 0.3) is 15.9 Å². The van der Waals surface area contributed by atoms with Gasteiger partial charge in [-0.2, -0.15) is 4.31 Å². The Morgan fingerprint density at radius 1 is 1.24 bits per heavy atom. The zero-order chi connectivity index (χ0) is 28.7. The molecule has 0 spiro atoms. The van der Waals surface area contributed by atoms with Crippen LogP contribution in [0.2, 0.25) is 5.02 Å². The van der Waals surface area contributed by atoms with Crippen molar-refractivity contribution in [1.82, 2.24) is 29.8 Å². The summed E-state index contributed by atoms with van der Waals surface area (Å²) in [5.74, 6) is -0.0207. The number of amides is 2. The quantitative estimate of drug-likeness (QED) is 0.277. The molecule has 4 aromatic rings. The minimum atomic E-state index is -3.95. The number of carbonyl (C=O) groups is 2. The lowest BCUT2D eigenvalue weighted by molar-refractivity contribution is -0.122. The topological polar surface area (TPSA) is 141 Å². The van der Waals surface area contributed by atoms with Gasteiger partial charge in [0, 0.05) is 65.9 Å². The maximum Gasteiger partial charge on any atom is 0.283 e. The van der Waals surface area contributed by atoms with Gasteiger partial charge in [-0.3, -0.25) is 9.59 Å². The molecule has 2 unspecified atom stereocenters. The van der Waals surface area contributed by atoms with E-state index in [1.807, 2.05) is 0 Å². The first-order valence-electron chi connectivity index (χ1n) is 13.3. The number of halogens is 2. The van der Waals surface area contributed by atoms with Gasteiger partial charge in [0.2, 0.25) is 5.91 Å². The summed E-state index contributed by atoms with van der Waals surface area (Å²) in [5.41, 5.74) is 1.56. The van der Waals surface area contributed by atoms with Crippen LogP contribution in [0.4, 0.5) is 0 Å². The number of hydrogen-bond acceptors (Lipinski definition) is 8. The van der Waals surface area contributed by atoms with Crippen LogP contribution in [0.25, 0.3) is 10.9 Å². The summed E-state index contributed by atoms with van der Waals surface area (Å²) in [5, 5.41) is 7.76. The van der Waals surface area contributed by atoms with Crippen molar-refractivity contribution < 1.29 is 22.4 Å². The molecule has 11 nitrogen and oxygen atoms in total. The minimum Gasteiger partial charge on any atom is -0.467 e. The number of furan rings is 1. The molecule has 3 N–H and O–H groups in total. The Labute approximate surface area is 258 Å². The monoisotopic (exact) mass is 652 g/mol. The fourth-order valence-corrected chi connectivity index (χ4v) is 7.91. The molecule has 2 amide bonds. The Morgan fingerprint density at radius 3 is 2.86 bits per heavy atom. The summed E-state index contributed by atoms with van der Waals surface area (Å²) >= 11 is 7.44. The lowest BCUT2D eigenvalue weighted by Crippen LogP contribution is -2.57. The van der Waals surface area contributed by atoms with Crippen molar-refractivity contribution in [1.29, 1.82) is 0 Å². The fraction of sp³-hybridized carbons (Fsp3) is 0.370.